The minimum atomic E-state index is -0.336. The van der Waals surface area contributed by atoms with Gasteiger partial charge in [-0.3, -0.25) is 4.90 Å². The fourth-order valence-corrected chi connectivity index (χ4v) is 3.83. The van der Waals surface area contributed by atoms with Gasteiger partial charge in [-0.1, -0.05) is 0 Å². The molecule has 6 heteroatoms. The number of nitrogens with zero attached hydrogens (tertiary/aromatic N) is 1. The van der Waals surface area contributed by atoms with E-state index in [-0.39, 0.29) is 18.0 Å². The first kappa shape index (κ1) is 14.4. The molecule has 0 aromatic rings. The predicted molar refractivity (Wildman–Crippen MR) is 77.5 cm³/mol. The number of carbonyl (C=O) groups excluding carboxylic acids is 2. The van der Waals surface area contributed by atoms with Crippen LogP contribution in [0.3, 0.4) is 0 Å². The number of ether oxygens (including phenoxy) is 1. The average Bonchev–Trinajstić information content (AvgIpc) is 3.00. The van der Waals surface area contributed by atoms with Crippen LogP contribution in [0.25, 0.3) is 0 Å². The molecule has 6 nitrogen and oxygen atoms in total. The standard InChI is InChI=1S/C15H23N3O3/c1-3-21-14(19)13-9(2)16-15(20)17-12(13)8-18-7-10-4-5-11(18)6-10/h9-11H,3-8H2,1-2H3,(H2,16,17,20). The first-order valence-electron chi connectivity index (χ1n) is 7.80. The minimum absolute atomic E-state index is 0.241. The van der Waals surface area contributed by atoms with Crippen LogP contribution in [0.15, 0.2) is 11.3 Å². The zero-order valence-corrected chi connectivity index (χ0v) is 12.6. The zero-order valence-electron chi connectivity index (χ0n) is 12.6. The summed E-state index contributed by atoms with van der Waals surface area (Å²) in [6.45, 7) is 5.65. The van der Waals surface area contributed by atoms with E-state index in [2.05, 4.69) is 15.5 Å². The van der Waals surface area contributed by atoms with Crippen molar-refractivity contribution < 1.29 is 14.3 Å². The highest BCUT2D eigenvalue weighted by atomic mass is 16.5. The van der Waals surface area contributed by atoms with Gasteiger partial charge in [0, 0.05) is 24.8 Å². The number of piperidine rings is 1. The molecule has 21 heavy (non-hydrogen) atoms. The van der Waals surface area contributed by atoms with Crippen LogP contribution in [-0.2, 0) is 9.53 Å². The Morgan fingerprint density at radius 1 is 1.43 bits per heavy atom. The van der Waals surface area contributed by atoms with Crippen LogP contribution in [0.1, 0.15) is 33.1 Å². The van der Waals surface area contributed by atoms with E-state index in [0.29, 0.717) is 30.5 Å². The number of urea groups is 1. The number of hydrogen-bond acceptors (Lipinski definition) is 4. The summed E-state index contributed by atoms with van der Waals surface area (Å²) in [7, 11) is 0. The molecule has 3 atom stereocenters. The second kappa shape index (κ2) is 5.67. The van der Waals surface area contributed by atoms with Crippen LogP contribution in [0.2, 0.25) is 0 Å². The van der Waals surface area contributed by atoms with E-state index in [4.69, 9.17) is 4.74 Å². The lowest BCUT2D eigenvalue weighted by molar-refractivity contribution is -0.139. The molecule has 1 saturated carbocycles. The number of hydrogen-bond donors (Lipinski definition) is 2. The number of nitrogens with one attached hydrogen (secondary N) is 2. The molecule has 0 radical (unpaired) electrons. The van der Waals surface area contributed by atoms with Crippen molar-refractivity contribution in [3.63, 3.8) is 0 Å². The number of fused-ring (bicyclic) bond motifs is 2. The molecule has 0 aromatic heterocycles. The summed E-state index contributed by atoms with van der Waals surface area (Å²) in [5, 5.41) is 5.54. The molecule has 2 bridgehead atoms. The molecule has 2 amide bonds. The number of likely N-dealkylation sites (tertiary alicyclic amines) is 1. The summed E-state index contributed by atoms with van der Waals surface area (Å²) in [6, 6.07) is 0.0514. The number of esters is 1. The van der Waals surface area contributed by atoms with E-state index in [1.807, 2.05) is 6.92 Å². The van der Waals surface area contributed by atoms with Gasteiger partial charge in [-0.2, -0.15) is 0 Å². The third kappa shape index (κ3) is 2.77. The predicted octanol–water partition coefficient (Wildman–Crippen LogP) is 0.989. The first-order chi connectivity index (χ1) is 10.1. The van der Waals surface area contributed by atoms with E-state index in [0.717, 1.165) is 12.5 Å². The Labute approximate surface area is 124 Å². The minimum Gasteiger partial charge on any atom is -0.463 e. The van der Waals surface area contributed by atoms with Crippen molar-refractivity contribution in [2.24, 2.45) is 5.92 Å². The van der Waals surface area contributed by atoms with Gasteiger partial charge in [0.2, 0.25) is 0 Å². The van der Waals surface area contributed by atoms with Crippen LogP contribution in [0.4, 0.5) is 4.79 Å². The SMILES string of the molecule is CCOC(=O)C1=C(CN2CC3CCC2C3)NC(=O)NC1C. The van der Waals surface area contributed by atoms with Crippen LogP contribution in [0.5, 0.6) is 0 Å². The monoisotopic (exact) mass is 293 g/mol. The lowest BCUT2D eigenvalue weighted by Gasteiger charge is -2.32. The van der Waals surface area contributed by atoms with E-state index < -0.39 is 0 Å². The van der Waals surface area contributed by atoms with Crippen molar-refractivity contribution >= 4 is 12.0 Å². The number of rotatable bonds is 4. The summed E-state index contributed by atoms with van der Waals surface area (Å²) >= 11 is 0. The Balaban J connectivity index is 1.81. The van der Waals surface area contributed by atoms with E-state index in [9.17, 15) is 9.59 Å². The Bertz CT molecular complexity index is 489. The van der Waals surface area contributed by atoms with Crippen LogP contribution in [-0.4, -0.2) is 48.7 Å². The topological polar surface area (TPSA) is 70.7 Å². The van der Waals surface area contributed by atoms with E-state index in [1.54, 1.807) is 6.92 Å². The van der Waals surface area contributed by atoms with Gasteiger partial charge in [0.05, 0.1) is 18.2 Å². The van der Waals surface area contributed by atoms with Crippen molar-refractivity contribution in [1.82, 2.24) is 15.5 Å². The molecular weight excluding hydrogens is 270 g/mol. The van der Waals surface area contributed by atoms with Crippen LogP contribution < -0.4 is 10.6 Å². The molecule has 3 rings (SSSR count). The van der Waals surface area contributed by atoms with E-state index in [1.165, 1.54) is 19.3 Å². The van der Waals surface area contributed by atoms with Gasteiger partial charge in [-0.15, -0.1) is 0 Å². The molecule has 2 heterocycles. The fourth-order valence-electron chi connectivity index (χ4n) is 3.83. The summed E-state index contributed by atoms with van der Waals surface area (Å²) in [6.07, 6.45) is 3.80. The van der Waals surface area contributed by atoms with Gasteiger partial charge in [0.15, 0.2) is 0 Å². The van der Waals surface area contributed by atoms with Gasteiger partial charge in [0.25, 0.3) is 0 Å². The Morgan fingerprint density at radius 2 is 2.24 bits per heavy atom. The molecule has 1 aliphatic carbocycles. The molecule has 1 saturated heterocycles. The highest BCUT2D eigenvalue weighted by Gasteiger charge is 2.39. The summed E-state index contributed by atoms with van der Waals surface area (Å²) in [4.78, 5) is 26.3. The fraction of sp³-hybridized carbons (Fsp3) is 0.733. The molecule has 2 N–H and O–H groups in total. The Hall–Kier alpha value is -1.56. The van der Waals surface area contributed by atoms with Crippen LogP contribution >= 0.6 is 0 Å². The molecule has 3 unspecified atom stereocenters. The lowest BCUT2D eigenvalue weighted by atomic mass is 10.0. The second-order valence-electron chi connectivity index (χ2n) is 6.20. The molecule has 3 aliphatic rings. The third-order valence-corrected chi connectivity index (χ3v) is 4.75. The second-order valence-corrected chi connectivity index (χ2v) is 6.20. The Kier molecular flexibility index (Phi) is 3.89. The van der Waals surface area contributed by atoms with Crippen molar-refractivity contribution in [3.8, 4) is 0 Å². The van der Waals surface area contributed by atoms with Gasteiger partial charge in [-0.25, -0.2) is 9.59 Å². The van der Waals surface area contributed by atoms with Crippen molar-refractivity contribution in [2.45, 2.75) is 45.2 Å². The maximum atomic E-state index is 12.2. The largest absolute Gasteiger partial charge is 0.463 e. The normalized spacial score (nSPS) is 32.1. The smallest absolute Gasteiger partial charge is 0.337 e. The molecule has 116 valence electrons. The maximum Gasteiger partial charge on any atom is 0.337 e. The summed E-state index contributed by atoms with van der Waals surface area (Å²) < 4.78 is 5.14. The highest BCUT2D eigenvalue weighted by Crippen LogP contribution is 2.37. The van der Waals surface area contributed by atoms with Crippen molar-refractivity contribution in [2.75, 3.05) is 19.7 Å². The quantitative estimate of drug-likeness (QED) is 0.758. The molecule has 2 fully saturated rings. The lowest BCUT2D eigenvalue weighted by Crippen LogP contribution is -2.51. The Morgan fingerprint density at radius 3 is 2.86 bits per heavy atom. The van der Waals surface area contributed by atoms with Gasteiger partial charge in [-0.05, 0) is 39.0 Å². The number of amides is 2. The highest BCUT2D eigenvalue weighted by molar-refractivity contribution is 5.94. The first-order valence-corrected chi connectivity index (χ1v) is 7.80. The van der Waals surface area contributed by atoms with Crippen LogP contribution in [0, 0.1) is 5.92 Å². The molecule has 2 aliphatic heterocycles. The van der Waals surface area contributed by atoms with Crippen molar-refractivity contribution in [1.29, 1.82) is 0 Å². The van der Waals surface area contributed by atoms with Gasteiger partial charge in [0.1, 0.15) is 0 Å². The average molecular weight is 293 g/mol. The molecule has 0 spiro atoms. The summed E-state index contributed by atoms with van der Waals surface area (Å²) in [5.41, 5.74) is 1.26. The third-order valence-electron chi connectivity index (χ3n) is 4.75. The van der Waals surface area contributed by atoms with Gasteiger partial charge < -0.3 is 15.4 Å². The van der Waals surface area contributed by atoms with E-state index >= 15 is 0 Å². The summed E-state index contributed by atoms with van der Waals surface area (Å²) in [5.74, 6) is 0.452. The zero-order chi connectivity index (χ0) is 15.0. The van der Waals surface area contributed by atoms with Gasteiger partial charge >= 0.3 is 12.0 Å². The van der Waals surface area contributed by atoms with Crippen molar-refractivity contribution in [3.05, 3.63) is 11.3 Å². The molecular formula is C15H23N3O3. The maximum absolute atomic E-state index is 12.2. The molecule has 0 aromatic carbocycles. The number of carbonyl (C=O) groups is 2.